The Bertz CT molecular complexity index is 234. The van der Waals surface area contributed by atoms with Crippen LogP contribution >= 0.6 is 0 Å². The van der Waals surface area contributed by atoms with Crippen molar-refractivity contribution < 1.29 is 19.8 Å². The number of hydrogen-bond acceptors (Lipinski definition) is 4. The molecule has 0 saturated carbocycles. The van der Waals surface area contributed by atoms with Gasteiger partial charge < -0.3 is 10.2 Å². The van der Waals surface area contributed by atoms with Crippen LogP contribution in [0.15, 0.2) is 24.3 Å². The van der Waals surface area contributed by atoms with Gasteiger partial charge in [0.25, 0.3) is 0 Å². The molecule has 0 fully saturated rings. The number of carbonyl (C=O) groups is 2. The van der Waals surface area contributed by atoms with Crippen molar-refractivity contribution in [2.75, 3.05) is 0 Å². The van der Waals surface area contributed by atoms with E-state index in [1.165, 1.54) is 18.2 Å². The molecule has 4 nitrogen and oxygen atoms in total. The van der Waals surface area contributed by atoms with Gasteiger partial charge in [0.15, 0.2) is 12.6 Å². The molecule has 12 heavy (non-hydrogen) atoms. The van der Waals surface area contributed by atoms with Gasteiger partial charge in [-0.05, 0) is 12.1 Å². The molecule has 0 heterocycles. The van der Waals surface area contributed by atoms with Gasteiger partial charge in [0, 0.05) is 6.07 Å². The lowest BCUT2D eigenvalue weighted by Crippen LogP contribution is -1.62. The van der Waals surface area contributed by atoms with Gasteiger partial charge in [0.2, 0.25) is 0 Å². The molecule has 0 amide bonds. The van der Waals surface area contributed by atoms with Gasteiger partial charge in [-0.3, -0.25) is 9.59 Å². The zero-order valence-corrected chi connectivity index (χ0v) is 6.18. The van der Waals surface area contributed by atoms with Crippen molar-refractivity contribution >= 4 is 12.6 Å². The van der Waals surface area contributed by atoms with Gasteiger partial charge in [-0.2, -0.15) is 0 Å². The Morgan fingerprint density at radius 3 is 1.58 bits per heavy atom. The molecule has 1 aromatic carbocycles. The van der Waals surface area contributed by atoms with Crippen LogP contribution in [0.3, 0.4) is 0 Å². The monoisotopic (exact) mass is 168 g/mol. The second-order valence-electron chi connectivity index (χ2n) is 1.79. The summed E-state index contributed by atoms with van der Waals surface area (Å²) >= 11 is 0. The lowest BCUT2D eigenvalue weighted by atomic mass is 10.3. The number of benzene rings is 1. The average Bonchev–Trinajstić information content (AvgIpc) is 2.04. The molecule has 1 rings (SSSR count). The van der Waals surface area contributed by atoms with Crippen LogP contribution in [-0.4, -0.2) is 22.8 Å². The van der Waals surface area contributed by atoms with E-state index >= 15 is 0 Å². The summed E-state index contributed by atoms with van der Waals surface area (Å²) in [5.74, 6) is 0.176. The van der Waals surface area contributed by atoms with Crippen LogP contribution in [0.4, 0.5) is 0 Å². The van der Waals surface area contributed by atoms with Crippen LogP contribution < -0.4 is 0 Å². The average molecular weight is 168 g/mol. The van der Waals surface area contributed by atoms with Crippen LogP contribution in [0.1, 0.15) is 0 Å². The maximum atomic E-state index is 8.81. The molecule has 0 saturated heterocycles. The van der Waals surface area contributed by atoms with Crippen molar-refractivity contribution in [3.8, 4) is 11.5 Å². The minimum Gasteiger partial charge on any atom is -0.508 e. The van der Waals surface area contributed by atoms with Crippen LogP contribution in [-0.2, 0) is 9.59 Å². The third-order valence-electron chi connectivity index (χ3n) is 0.885. The van der Waals surface area contributed by atoms with Crippen LogP contribution in [0.2, 0.25) is 0 Å². The molecule has 4 heteroatoms. The number of phenols is 2. The SMILES string of the molecule is O=CC=O.Oc1cccc(O)c1. The lowest BCUT2D eigenvalue weighted by molar-refractivity contribution is -0.122. The van der Waals surface area contributed by atoms with Gasteiger partial charge in [-0.15, -0.1) is 0 Å². The fourth-order valence-corrected chi connectivity index (χ4v) is 0.493. The highest BCUT2D eigenvalue weighted by Gasteiger charge is 1.85. The van der Waals surface area contributed by atoms with Gasteiger partial charge >= 0.3 is 0 Å². The van der Waals surface area contributed by atoms with Gasteiger partial charge in [0.1, 0.15) is 11.5 Å². The molecule has 2 N–H and O–H groups in total. The summed E-state index contributed by atoms with van der Waals surface area (Å²) in [5, 5.41) is 17.3. The van der Waals surface area contributed by atoms with Crippen LogP contribution in [0, 0.1) is 0 Å². The van der Waals surface area contributed by atoms with E-state index < -0.39 is 0 Å². The minimum atomic E-state index is 0.0880. The molecule has 0 radical (unpaired) electrons. The van der Waals surface area contributed by atoms with Crippen LogP contribution in [0.25, 0.3) is 0 Å². The Kier molecular flexibility index (Phi) is 5.00. The zero-order chi connectivity index (χ0) is 9.40. The summed E-state index contributed by atoms with van der Waals surface area (Å²) in [6.45, 7) is 0. The first-order valence-electron chi connectivity index (χ1n) is 3.07. The smallest absolute Gasteiger partial charge is 0.182 e. The van der Waals surface area contributed by atoms with E-state index in [1.54, 1.807) is 6.07 Å². The second kappa shape index (κ2) is 5.91. The summed E-state index contributed by atoms with van der Waals surface area (Å²) in [6, 6.07) is 5.85. The number of rotatable bonds is 1. The van der Waals surface area contributed by atoms with Gasteiger partial charge in [0.05, 0.1) is 0 Å². The summed E-state index contributed by atoms with van der Waals surface area (Å²) in [6.07, 6.45) is 0.389. The molecule has 0 aliphatic heterocycles. The summed E-state index contributed by atoms with van der Waals surface area (Å²) in [5.41, 5.74) is 0. The summed E-state index contributed by atoms with van der Waals surface area (Å²) < 4.78 is 0. The lowest BCUT2D eigenvalue weighted by Gasteiger charge is -1.89. The topological polar surface area (TPSA) is 74.6 Å². The Labute approximate surface area is 69.1 Å². The fourth-order valence-electron chi connectivity index (χ4n) is 0.493. The normalized spacial score (nSPS) is 7.67. The number of hydrogen-bond donors (Lipinski definition) is 2. The summed E-state index contributed by atoms with van der Waals surface area (Å²) in [4.78, 5) is 17.6. The van der Waals surface area contributed by atoms with E-state index in [2.05, 4.69) is 0 Å². The second-order valence-corrected chi connectivity index (χ2v) is 1.79. The molecule has 0 aromatic heterocycles. The molecule has 0 spiro atoms. The fraction of sp³-hybridized carbons (Fsp3) is 0. The molecule has 0 unspecified atom stereocenters. The van der Waals surface area contributed by atoms with Crippen molar-refractivity contribution in [2.24, 2.45) is 0 Å². The number of aldehydes is 2. The van der Waals surface area contributed by atoms with E-state index in [0.29, 0.717) is 0 Å². The maximum absolute atomic E-state index is 8.81. The van der Waals surface area contributed by atoms with Crippen molar-refractivity contribution in [3.05, 3.63) is 24.3 Å². The molecule has 1 aromatic rings. The van der Waals surface area contributed by atoms with E-state index in [9.17, 15) is 0 Å². The first-order chi connectivity index (χ1) is 5.70. The third kappa shape index (κ3) is 4.99. The number of carbonyl (C=O) groups excluding carboxylic acids is 2. The molecule has 0 bridgehead atoms. The Hall–Kier alpha value is -1.84. The molecule has 0 aliphatic carbocycles. The van der Waals surface area contributed by atoms with E-state index in [1.807, 2.05) is 0 Å². The number of phenolic OH excluding ortho intramolecular Hbond substituents is 2. The molecular weight excluding hydrogens is 160 g/mol. The minimum absolute atomic E-state index is 0.0880. The maximum Gasteiger partial charge on any atom is 0.182 e. The Balaban J connectivity index is 0.000000261. The molecule has 0 aliphatic rings. The quantitative estimate of drug-likeness (QED) is 0.472. The van der Waals surface area contributed by atoms with Gasteiger partial charge in [-0.1, -0.05) is 6.07 Å². The Morgan fingerprint density at radius 2 is 1.42 bits per heavy atom. The van der Waals surface area contributed by atoms with E-state index in [4.69, 9.17) is 19.8 Å². The standard InChI is InChI=1S/C6H6O2.C2H2O2/c7-5-2-1-3-6(8)4-5;3-1-2-4/h1-4,7-8H;1-2H. The number of aromatic hydroxyl groups is 2. The first-order valence-corrected chi connectivity index (χ1v) is 3.07. The predicted molar refractivity (Wildman–Crippen MR) is 41.9 cm³/mol. The van der Waals surface area contributed by atoms with E-state index in [-0.39, 0.29) is 24.1 Å². The highest BCUT2D eigenvalue weighted by Crippen LogP contribution is 2.14. The van der Waals surface area contributed by atoms with Gasteiger partial charge in [-0.25, -0.2) is 0 Å². The van der Waals surface area contributed by atoms with Crippen molar-refractivity contribution in [1.29, 1.82) is 0 Å². The first kappa shape index (κ1) is 10.2. The van der Waals surface area contributed by atoms with E-state index in [0.717, 1.165) is 0 Å². The van der Waals surface area contributed by atoms with Crippen molar-refractivity contribution in [3.63, 3.8) is 0 Å². The Morgan fingerprint density at radius 1 is 1.00 bits per heavy atom. The van der Waals surface area contributed by atoms with Crippen molar-refractivity contribution in [2.45, 2.75) is 0 Å². The zero-order valence-electron chi connectivity index (χ0n) is 6.18. The largest absolute Gasteiger partial charge is 0.508 e. The van der Waals surface area contributed by atoms with Crippen molar-refractivity contribution in [1.82, 2.24) is 0 Å². The third-order valence-corrected chi connectivity index (χ3v) is 0.885. The molecule has 64 valence electrons. The molecule has 0 atom stereocenters. The predicted octanol–water partition coefficient (Wildman–Crippen LogP) is 0.482. The summed E-state index contributed by atoms with van der Waals surface area (Å²) in [7, 11) is 0. The highest BCUT2D eigenvalue weighted by atomic mass is 16.3. The highest BCUT2D eigenvalue weighted by molar-refractivity contribution is 6.09. The van der Waals surface area contributed by atoms with Crippen LogP contribution in [0.5, 0.6) is 11.5 Å². The molecular formula is C8H8O4.